The smallest absolute Gasteiger partial charge is 0.256 e. The number of thiazole rings is 1. The Morgan fingerprint density at radius 1 is 1.39 bits per heavy atom. The minimum atomic E-state index is -0.973. The SMILES string of the molecule is CN.Cc1ncc(COc2cc3c(C(=O)NC(C=O)CO)c(C)oc3cn2)s1. The highest BCUT2D eigenvalue weighted by Gasteiger charge is 2.21. The molecule has 9 nitrogen and oxygen atoms in total. The van der Waals surface area contributed by atoms with Crippen molar-refractivity contribution in [1.82, 2.24) is 15.3 Å². The summed E-state index contributed by atoms with van der Waals surface area (Å²) in [7, 11) is 1.50. The number of hydrogen-bond acceptors (Lipinski definition) is 9. The normalized spacial score (nSPS) is 11.5. The Labute approximate surface area is 165 Å². The van der Waals surface area contributed by atoms with Crippen LogP contribution in [0.2, 0.25) is 0 Å². The number of carbonyl (C=O) groups excluding carboxylic acids is 2. The maximum absolute atomic E-state index is 12.5. The van der Waals surface area contributed by atoms with Gasteiger partial charge in [0.25, 0.3) is 5.91 Å². The second-order valence-electron chi connectivity index (χ2n) is 5.58. The zero-order valence-electron chi connectivity index (χ0n) is 15.8. The van der Waals surface area contributed by atoms with Gasteiger partial charge in [-0.2, -0.15) is 0 Å². The number of amides is 1. The number of nitrogens with zero attached hydrogens (tertiary/aromatic N) is 2. The van der Waals surface area contributed by atoms with Crippen LogP contribution in [0.25, 0.3) is 11.0 Å². The number of rotatable bonds is 7. The van der Waals surface area contributed by atoms with E-state index in [9.17, 15) is 9.59 Å². The van der Waals surface area contributed by atoms with Crippen molar-refractivity contribution in [3.8, 4) is 5.88 Å². The third-order valence-electron chi connectivity index (χ3n) is 3.66. The average Bonchev–Trinajstić information content (AvgIpc) is 3.27. The molecule has 3 aromatic rings. The maximum Gasteiger partial charge on any atom is 0.256 e. The summed E-state index contributed by atoms with van der Waals surface area (Å²) in [5.41, 5.74) is 5.21. The van der Waals surface area contributed by atoms with Crippen LogP contribution in [-0.4, -0.2) is 47.0 Å². The summed E-state index contributed by atoms with van der Waals surface area (Å²) in [6.07, 6.45) is 3.70. The van der Waals surface area contributed by atoms with Crippen LogP contribution in [0, 0.1) is 13.8 Å². The lowest BCUT2D eigenvalue weighted by Crippen LogP contribution is -2.38. The van der Waals surface area contributed by atoms with E-state index in [0.29, 0.717) is 35.5 Å². The number of furan rings is 1. The van der Waals surface area contributed by atoms with E-state index >= 15 is 0 Å². The summed E-state index contributed by atoms with van der Waals surface area (Å²) >= 11 is 1.53. The van der Waals surface area contributed by atoms with Crippen molar-refractivity contribution < 1.29 is 23.8 Å². The summed E-state index contributed by atoms with van der Waals surface area (Å²) in [5, 5.41) is 13.0. The molecule has 1 unspecified atom stereocenters. The monoisotopic (exact) mass is 406 g/mol. The number of aromatic nitrogens is 2. The second kappa shape index (κ2) is 9.93. The summed E-state index contributed by atoms with van der Waals surface area (Å²) in [5.74, 6) is 0.215. The number of aldehydes is 1. The van der Waals surface area contributed by atoms with Gasteiger partial charge in [0.05, 0.1) is 28.3 Å². The molecule has 0 aliphatic rings. The fourth-order valence-corrected chi connectivity index (χ4v) is 3.16. The predicted octanol–water partition coefficient (Wildman–Crippen LogP) is 1.34. The van der Waals surface area contributed by atoms with Crippen molar-refractivity contribution in [2.75, 3.05) is 13.7 Å². The first-order valence-electron chi connectivity index (χ1n) is 8.39. The van der Waals surface area contributed by atoms with Crippen molar-refractivity contribution >= 4 is 34.5 Å². The van der Waals surface area contributed by atoms with Gasteiger partial charge in [0, 0.05) is 17.6 Å². The Morgan fingerprint density at radius 3 is 2.75 bits per heavy atom. The van der Waals surface area contributed by atoms with Crippen molar-refractivity contribution in [2.24, 2.45) is 5.73 Å². The molecule has 150 valence electrons. The lowest BCUT2D eigenvalue weighted by atomic mass is 10.1. The van der Waals surface area contributed by atoms with Gasteiger partial charge >= 0.3 is 0 Å². The Hall–Kier alpha value is -2.82. The minimum absolute atomic E-state index is 0.279. The van der Waals surface area contributed by atoms with Gasteiger partial charge in [-0.25, -0.2) is 9.97 Å². The number of aliphatic hydroxyl groups is 1. The van der Waals surface area contributed by atoms with Crippen molar-refractivity contribution in [3.63, 3.8) is 0 Å². The molecule has 0 saturated carbocycles. The van der Waals surface area contributed by atoms with E-state index in [2.05, 4.69) is 21.0 Å². The Kier molecular flexibility index (Phi) is 7.61. The maximum atomic E-state index is 12.5. The zero-order valence-corrected chi connectivity index (χ0v) is 16.6. The van der Waals surface area contributed by atoms with E-state index in [0.717, 1.165) is 9.88 Å². The molecule has 0 bridgehead atoms. The largest absolute Gasteiger partial charge is 0.472 e. The molecule has 0 aliphatic carbocycles. The number of aliphatic hydroxyl groups excluding tert-OH is 1. The quantitative estimate of drug-likeness (QED) is 0.499. The number of nitrogens with one attached hydrogen (secondary N) is 1. The molecule has 0 aromatic carbocycles. The van der Waals surface area contributed by atoms with Crippen molar-refractivity contribution in [1.29, 1.82) is 0 Å². The van der Waals surface area contributed by atoms with Gasteiger partial charge in [0.1, 0.15) is 24.7 Å². The number of fused-ring (bicyclic) bond motifs is 1. The Balaban J connectivity index is 0.00000136. The van der Waals surface area contributed by atoms with Crippen LogP contribution >= 0.6 is 11.3 Å². The van der Waals surface area contributed by atoms with Gasteiger partial charge in [-0.3, -0.25) is 4.79 Å². The number of pyridine rings is 1. The molecule has 10 heteroatoms. The van der Waals surface area contributed by atoms with Crippen LogP contribution in [-0.2, 0) is 11.4 Å². The van der Waals surface area contributed by atoms with E-state index in [1.165, 1.54) is 24.6 Å². The highest BCUT2D eigenvalue weighted by Crippen LogP contribution is 2.28. The minimum Gasteiger partial charge on any atom is -0.472 e. The summed E-state index contributed by atoms with van der Waals surface area (Å²) in [4.78, 5) is 32.6. The lowest BCUT2D eigenvalue weighted by Gasteiger charge is -2.09. The predicted molar refractivity (Wildman–Crippen MR) is 104 cm³/mol. The number of ether oxygens (including phenoxy) is 1. The van der Waals surface area contributed by atoms with Gasteiger partial charge in [-0.1, -0.05) is 0 Å². The van der Waals surface area contributed by atoms with E-state index in [-0.39, 0.29) is 5.56 Å². The van der Waals surface area contributed by atoms with Gasteiger partial charge in [0.15, 0.2) is 5.58 Å². The van der Waals surface area contributed by atoms with Crippen LogP contribution < -0.4 is 15.8 Å². The summed E-state index contributed by atoms with van der Waals surface area (Å²) in [6, 6.07) is 0.641. The third kappa shape index (κ3) is 4.91. The fraction of sp³-hybridized carbons (Fsp3) is 0.333. The number of hydrogen-bond donors (Lipinski definition) is 3. The first kappa shape index (κ1) is 21.5. The van der Waals surface area contributed by atoms with Crippen LogP contribution in [0.15, 0.2) is 22.9 Å². The van der Waals surface area contributed by atoms with E-state index in [1.807, 2.05) is 6.92 Å². The van der Waals surface area contributed by atoms with E-state index in [4.69, 9.17) is 14.3 Å². The van der Waals surface area contributed by atoms with Crippen LogP contribution in [0.4, 0.5) is 0 Å². The van der Waals surface area contributed by atoms with Gasteiger partial charge in [0.2, 0.25) is 5.88 Å². The topological polar surface area (TPSA) is 141 Å². The van der Waals surface area contributed by atoms with Crippen LogP contribution in [0.1, 0.15) is 26.0 Å². The molecule has 0 aliphatic heterocycles. The Bertz CT molecular complexity index is 953. The molecule has 1 amide bonds. The second-order valence-corrected chi connectivity index (χ2v) is 6.90. The van der Waals surface area contributed by atoms with Crippen LogP contribution in [0.5, 0.6) is 5.88 Å². The molecule has 4 N–H and O–H groups in total. The molecular formula is C18H22N4O5S. The molecular weight excluding hydrogens is 384 g/mol. The molecule has 28 heavy (non-hydrogen) atoms. The molecule has 1 atom stereocenters. The fourth-order valence-electron chi connectivity index (χ4n) is 2.45. The molecule has 0 saturated heterocycles. The highest BCUT2D eigenvalue weighted by atomic mass is 32.1. The molecule has 0 spiro atoms. The van der Waals surface area contributed by atoms with E-state index in [1.54, 1.807) is 19.2 Å². The third-order valence-corrected chi connectivity index (χ3v) is 4.55. The van der Waals surface area contributed by atoms with Gasteiger partial charge in [-0.15, -0.1) is 11.3 Å². The number of nitrogens with two attached hydrogens (primary N) is 1. The zero-order chi connectivity index (χ0) is 20.7. The first-order chi connectivity index (χ1) is 13.5. The molecule has 3 aromatic heterocycles. The lowest BCUT2D eigenvalue weighted by molar-refractivity contribution is -0.110. The molecule has 0 fully saturated rings. The highest BCUT2D eigenvalue weighted by molar-refractivity contribution is 7.11. The Morgan fingerprint density at radius 2 is 2.14 bits per heavy atom. The molecule has 0 radical (unpaired) electrons. The van der Waals surface area contributed by atoms with Gasteiger partial charge < -0.3 is 30.1 Å². The number of carbonyl (C=O) groups is 2. The van der Waals surface area contributed by atoms with E-state index < -0.39 is 18.6 Å². The molecule has 3 heterocycles. The van der Waals surface area contributed by atoms with Gasteiger partial charge in [-0.05, 0) is 20.9 Å². The average molecular weight is 406 g/mol. The summed E-state index contributed by atoms with van der Waals surface area (Å²) in [6.45, 7) is 3.40. The number of aryl methyl sites for hydroxylation is 2. The van der Waals surface area contributed by atoms with Crippen molar-refractivity contribution in [2.45, 2.75) is 26.5 Å². The molecule has 3 rings (SSSR count). The summed E-state index contributed by atoms with van der Waals surface area (Å²) < 4.78 is 11.2. The standard InChI is InChI=1S/C17H17N3O5S.CH5N/c1-9-16(17(23)20-11(6-21)7-22)13-3-15(19-5-14(13)25-9)24-8-12-4-18-10(2)26-12;1-2/h3-6,11,22H,7-8H2,1-2H3,(H,20,23);2H2,1H3. The first-order valence-corrected chi connectivity index (χ1v) is 9.21. The van der Waals surface area contributed by atoms with Crippen LogP contribution in [0.3, 0.4) is 0 Å². The van der Waals surface area contributed by atoms with Crippen molar-refractivity contribution in [3.05, 3.63) is 39.7 Å².